The van der Waals surface area contributed by atoms with E-state index in [1.807, 2.05) is 11.8 Å². The van der Waals surface area contributed by atoms with Crippen molar-refractivity contribution in [2.45, 2.75) is 44.0 Å². The molecule has 2 rings (SSSR count). The van der Waals surface area contributed by atoms with Crippen molar-refractivity contribution < 1.29 is 4.39 Å². The zero-order valence-corrected chi connectivity index (χ0v) is 12.2. The normalized spacial score (nSPS) is 23.5. The second-order valence-electron chi connectivity index (χ2n) is 4.65. The Bertz CT molecular complexity index is 399. The van der Waals surface area contributed by atoms with Gasteiger partial charge in [-0.3, -0.25) is 0 Å². The van der Waals surface area contributed by atoms with Gasteiger partial charge in [0.05, 0.1) is 0 Å². The molecule has 2 atom stereocenters. The molecule has 1 aliphatic carbocycles. The van der Waals surface area contributed by atoms with Gasteiger partial charge in [-0.05, 0) is 30.7 Å². The molecule has 1 fully saturated rings. The number of hydrogen-bond acceptors (Lipinski definition) is 2. The van der Waals surface area contributed by atoms with Crippen LogP contribution < -0.4 is 5.32 Å². The number of halogens is 2. The van der Waals surface area contributed by atoms with Gasteiger partial charge < -0.3 is 5.32 Å². The van der Waals surface area contributed by atoms with Gasteiger partial charge in [0.2, 0.25) is 0 Å². The Kier molecular flexibility index (Phi) is 5.34. The fourth-order valence-electron chi connectivity index (χ4n) is 2.48. The molecule has 4 heteroatoms. The molecule has 0 aromatic heterocycles. The van der Waals surface area contributed by atoms with Crippen molar-refractivity contribution >= 4 is 23.4 Å². The molecule has 2 unspecified atom stereocenters. The maximum atomic E-state index is 13.6. The van der Waals surface area contributed by atoms with Crippen molar-refractivity contribution in [1.29, 1.82) is 0 Å². The lowest BCUT2D eigenvalue weighted by atomic mass is 10.2. The van der Waals surface area contributed by atoms with Gasteiger partial charge >= 0.3 is 0 Å². The molecule has 1 nitrogen and oxygen atoms in total. The van der Waals surface area contributed by atoms with E-state index in [1.54, 1.807) is 12.1 Å². The van der Waals surface area contributed by atoms with Crippen LogP contribution in [0.2, 0.25) is 5.02 Å². The Labute approximate surface area is 117 Å². The monoisotopic (exact) mass is 287 g/mol. The Hall–Kier alpha value is -0.250. The Morgan fingerprint density at radius 1 is 1.44 bits per heavy atom. The number of thioether (sulfide) groups is 1. The number of rotatable bonds is 5. The van der Waals surface area contributed by atoms with Gasteiger partial charge in [0, 0.05) is 28.4 Å². The third-order valence-electron chi connectivity index (χ3n) is 3.40. The second-order valence-corrected chi connectivity index (χ2v) is 6.60. The summed E-state index contributed by atoms with van der Waals surface area (Å²) in [6.07, 6.45) is 3.75. The van der Waals surface area contributed by atoms with Crippen molar-refractivity contribution in [2.75, 3.05) is 5.75 Å². The molecule has 0 heterocycles. The molecule has 0 spiro atoms. The van der Waals surface area contributed by atoms with Crippen LogP contribution in [0, 0.1) is 5.82 Å². The van der Waals surface area contributed by atoms with Gasteiger partial charge in [0.15, 0.2) is 0 Å². The van der Waals surface area contributed by atoms with Crippen molar-refractivity contribution in [2.24, 2.45) is 0 Å². The van der Waals surface area contributed by atoms with Crippen molar-refractivity contribution in [1.82, 2.24) is 5.32 Å². The summed E-state index contributed by atoms with van der Waals surface area (Å²) in [4.78, 5) is 0. The van der Waals surface area contributed by atoms with Crippen LogP contribution >= 0.6 is 23.4 Å². The van der Waals surface area contributed by atoms with E-state index in [-0.39, 0.29) is 5.82 Å². The third kappa shape index (κ3) is 3.62. The zero-order chi connectivity index (χ0) is 13.0. The first kappa shape index (κ1) is 14.2. The quantitative estimate of drug-likeness (QED) is 0.869. The van der Waals surface area contributed by atoms with Crippen LogP contribution in [0.25, 0.3) is 0 Å². The third-order valence-corrected chi connectivity index (χ3v) is 4.96. The van der Waals surface area contributed by atoms with E-state index in [2.05, 4.69) is 12.2 Å². The van der Waals surface area contributed by atoms with E-state index in [0.717, 1.165) is 5.75 Å². The van der Waals surface area contributed by atoms with Crippen LogP contribution in [0.1, 0.15) is 31.7 Å². The van der Waals surface area contributed by atoms with Gasteiger partial charge in [0.1, 0.15) is 5.82 Å². The molecule has 1 aliphatic rings. The maximum Gasteiger partial charge on any atom is 0.129 e. The first-order chi connectivity index (χ1) is 8.70. The molecule has 1 aromatic carbocycles. The first-order valence-electron chi connectivity index (χ1n) is 6.49. The van der Waals surface area contributed by atoms with Gasteiger partial charge in [-0.25, -0.2) is 4.39 Å². The van der Waals surface area contributed by atoms with Crippen LogP contribution in [-0.4, -0.2) is 17.0 Å². The fourth-order valence-corrected chi connectivity index (χ4v) is 3.86. The Morgan fingerprint density at radius 3 is 3.00 bits per heavy atom. The highest BCUT2D eigenvalue weighted by Gasteiger charge is 2.26. The average Bonchev–Trinajstić information content (AvgIpc) is 2.76. The van der Waals surface area contributed by atoms with E-state index in [9.17, 15) is 4.39 Å². The van der Waals surface area contributed by atoms with E-state index >= 15 is 0 Å². The van der Waals surface area contributed by atoms with E-state index in [0.29, 0.717) is 28.4 Å². The SMILES string of the molecule is CCSC1CCCC1NCc1ccc(Cl)cc1F. The molecule has 0 radical (unpaired) electrons. The molecular weight excluding hydrogens is 269 g/mol. The van der Waals surface area contributed by atoms with E-state index in [4.69, 9.17) is 11.6 Å². The molecule has 18 heavy (non-hydrogen) atoms. The van der Waals surface area contributed by atoms with E-state index < -0.39 is 0 Å². The lowest BCUT2D eigenvalue weighted by Crippen LogP contribution is -2.33. The molecule has 0 saturated heterocycles. The average molecular weight is 288 g/mol. The van der Waals surface area contributed by atoms with Gasteiger partial charge in [-0.15, -0.1) is 0 Å². The van der Waals surface area contributed by atoms with Crippen LogP contribution in [-0.2, 0) is 6.54 Å². The largest absolute Gasteiger partial charge is 0.309 e. The number of hydrogen-bond donors (Lipinski definition) is 1. The molecule has 100 valence electrons. The van der Waals surface area contributed by atoms with Crippen LogP contribution in [0.5, 0.6) is 0 Å². The van der Waals surface area contributed by atoms with Crippen LogP contribution in [0.4, 0.5) is 4.39 Å². The predicted molar refractivity (Wildman–Crippen MR) is 77.8 cm³/mol. The van der Waals surface area contributed by atoms with Crippen molar-refractivity contribution in [3.8, 4) is 0 Å². The topological polar surface area (TPSA) is 12.0 Å². The van der Waals surface area contributed by atoms with Gasteiger partial charge in [0.25, 0.3) is 0 Å². The summed E-state index contributed by atoms with van der Waals surface area (Å²) in [6.45, 7) is 2.79. The Balaban J connectivity index is 1.90. The lowest BCUT2D eigenvalue weighted by Gasteiger charge is -2.20. The summed E-state index contributed by atoms with van der Waals surface area (Å²) in [5, 5.41) is 4.63. The van der Waals surface area contributed by atoms with Crippen molar-refractivity contribution in [3.63, 3.8) is 0 Å². The minimum Gasteiger partial charge on any atom is -0.309 e. The minimum absolute atomic E-state index is 0.215. The zero-order valence-electron chi connectivity index (χ0n) is 10.6. The van der Waals surface area contributed by atoms with Gasteiger partial charge in [-0.1, -0.05) is 31.0 Å². The molecule has 1 N–H and O–H groups in total. The predicted octanol–water partition coefficient (Wildman–Crippen LogP) is 4.24. The minimum atomic E-state index is -0.215. The highest BCUT2D eigenvalue weighted by atomic mass is 35.5. The standard InChI is InChI=1S/C14H19ClFNS/c1-2-18-14-5-3-4-13(14)17-9-10-6-7-11(15)8-12(10)16/h6-8,13-14,17H,2-5,9H2,1H3. The highest BCUT2D eigenvalue weighted by molar-refractivity contribution is 7.99. The second kappa shape index (κ2) is 6.78. The highest BCUT2D eigenvalue weighted by Crippen LogP contribution is 2.30. The number of nitrogens with one attached hydrogen (secondary N) is 1. The first-order valence-corrected chi connectivity index (χ1v) is 7.92. The van der Waals surface area contributed by atoms with E-state index in [1.165, 1.54) is 25.3 Å². The fraction of sp³-hybridized carbons (Fsp3) is 0.571. The molecule has 0 amide bonds. The molecule has 1 aromatic rings. The Morgan fingerprint density at radius 2 is 2.28 bits per heavy atom. The summed E-state index contributed by atoms with van der Waals surface area (Å²) < 4.78 is 13.6. The van der Waals surface area contributed by atoms with Crippen LogP contribution in [0.3, 0.4) is 0 Å². The summed E-state index contributed by atoms with van der Waals surface area (Å²) in [7, 11) is 0. The van der Waals surface area contributed by atoms with Gasteiger partial charge in [-0.2, -0.15) is 11.8 Å². The lowest BCUT2D eigenvalue weighted by molar-refractivity contribution is 0.515. The molecule has 1 saturated carbocycles. The van der Waals surface area contributed by atoms with Crippen molar-refractivity contribution in [3.05, 3.63) is 34.6 Å². The molecular formula is C14H19ClFNS. The number of benzene rings is 1. The molecule has 0 aliphatic heterocycles. The summed E-state index contributed by atoms with van der Waals surface area (Å²) in [5.74, 6) is 0.936. The van der Waals surface area contributed by atoms with Crippen LogP contribution in [0.15, 0.2) is 18.2 Å². The molecule has 0 bridgehead atoms. The maximum absolute atomic E-state index is 13.6. The smallest absolute Gasteiger partial charge is 0.129 e. The summed E-state index contributed by atoms with van der Waals surface area (Å²) >= 11 is 7.76. The summed E-state index contributed by atoms with van der Waals surface area (Å²) in [6, 6.07) is 5.41. The summed E-state index contributed by atoms with van der Waals surface area (Å²) in [5.41, 5.74) is 0.701.